The van der Waals surface area contributed by atoms with E-state index in [4.69, 9.17) is 0 Å². The minimum Gasteiger partial charge on any atom is -0.232 e. The van der Waals surface area contributed by atoms with Crippen LogP contribution in [0.15, 0.2) is 12.1 Å². The van der Waals surface area contributed by atoms with Gasteiger partial charge in [-0.25, -0.2) is 4.98 Å². The fourth-order valence-corrected chi connectivity index (χ4v) is 2.24. The predicted molar refractivity (Wildman–Crippen MR) is 54.1 cm³/mol. The van der Waals surface area contributed by atoms with Crippen LogP contribution in [0.1, 0.15) is 16.1 Å². The average Bonchev–Trinajstić information content (AvgIpc) is 2.55. The molecule has 2 aromatic rings. The number of aromatic nitrogens is 1. The van der Waals surface area contributed by atoms with Gasteiger partial charge in [0.25, 0.3) is 0 Å². The van der Waals surface area contributed by atoms with E-state index in [0.29, 0.717) is 21.6 Å². The molecule has 0 fully saturated rings. The summed E-state index contributed by atoms with van der Waals surface area (Å²) in [5.41, 5.74) is 2.24. The van der Waals surface area contributed by atoms with Gasteiger partial charge < -0.3 is 0 Å². The van der Waals surface area contributed by atoms with Crippen molar-refractivity contribution in [2.75, 3.05) is 0 Å². The van der Waals surface area contributed by atoms with Gasteiger partial charge in [0.2, 0.25) is 0 Å². The molecule has 0 saturated carbocycles. The van der Waals surface area contributed by atoms with Crippen LogP contribution in [0.5, 0.6) is 0 Å². The van der Waals surface area contributed by atoms with Crippen molar-refractivity contribution >= 4 is 21.6 Å². The minimum atomic E-state index is -4.34. The molecule has 1 nitrogen and oxygen atoms in total. The molecule has 5 heteroatoms. The SMILES string of the molecule is Cc1ccc2sc(C(F)(F)F)nc2c1C. The zero-order chi connectivity index (χ0) is 11.2. The van der Waals surface area contributed by atoms with E-state index in [1.54, 1.807) is 13.0 Å². The van der Waals surface area contributed by atoms with E-state index in [0.717, 1.165) is 11.1 Å². The molecule has 0 aliphatic carbocycles. The van der Waals surface area contributed by atoms with Crippen LogP contribution in [0.4, 0.5) is 13.2 Å². The third kappa shape index (κ3) is 1.71. The highest BCUT2D eigenvalue weighted by atomic mass is 32.1. The Morgan fingerprint density at radius 3 is 2.47 bits per heavy atom. The summed E-state index contributed by atoms with van der Waals surface area (Å²) in [6, 6.07) is 3.50. The van der Waals surface area contributed by atoms with Crippen molar-refractivity contribution in [3.05, 3.63) is 28.3 Å². The van der Waals surface area contributed by atoms with E-state index >= 15 is 0 Å². The van der Waals surface area contributed by atoms with Gasteiger partial charge in [0.15, 0.2) is 5.01 Å². The van der Waals surface area contributed by atoms with Gasteiger partial charge in [-0.05, 0) is 31.0 Å². The van der Waals surface area contributed by atoms with Crippen LogP contribution in [-0.4, -0.2) is 4.98 Å². The molecule has 2 rings (SSSR count). The first kappa shape index (κ1) is 10.4. The van der Waals surface area contributed by atoms with Gasteiger partial charge >= 0.3 is 6.18 Å². The summed E-state index contributed by atoms with van der Waals surface area (Å²) in [6.45, 7) is 3.65. The Bertz CT molecular complexity index is 513. The quantitative estimate of drug-likeness (QED) is 0.669. The van der Waals surface area contributed by atoms with Crippen molar-refractivity contribution in [2.45, 2.75) is 20.0 Å². The highest BCUT2D eigenvalue weighted by Crippen LogP contribution is 2.36. The third-order valence-electron chi connectivity index (χ3n) is 2.33. The molecule has 0 radical (unpaired) electrons. The highest BCUT2D eigenvalue weighted by molar-refractivity contribution is 7.18. The Kier molecular flexibility index (Phi) is 2.22. The van der Waals surface area contributed by atoms with E-state index < -0.39 is 11.2 Å². The van der Waals surface area contributed by atoms with Crippen LogP contribution >= 0.6 is 11.3 Å². The maximum absolute atomic E-state index is 12.4. The standard InChI is InChI=1S/C10H8F3NS/c1-5-3-4-7-8(6(5)2)14-9(15-7)10(11,12)13/h3-4H,1-2H3. The lowest BCUT2D eigenvalue weighted by molar-refractivity contribution is -0.137. The number of benzene rings is 1. The molecule has 15 heavy (non-hydrogen) atoms. The van der Waals surface area contributed by atoms with Crippen molar-refractivity contribution in [2.24, 2.45) is 0 Å². The maximum Gasteiger partial charge on any atom is 0.443 e. The van der Waals surface area contributed by atoms with Gasteiger partial charge in [-0.3, -0.25) is 0 Å². The minimum absolute atomic E-state index is 0.465. The van der Waals surface area contributed by atoms with Gasteiger partial charge in [-0.2, -0.15) is 13.2 Å². The van der Waals surface area contributed by atoms with Gasteiger partial charge in [-0.1, -0.05) is 6.07 Å². The number of aryl methyl sites for hydroxylation is 2. The van der Waals surface area contributed by atoms with Crippen molar-refractivity contribution in [3.63, 3.8) is 0 Å². The molecule has 0 atom stereocenters. The van der Waals surface area contributed by atoms with E-state index in [1.807, 2.05) is 13.0 Å². The van der Waals surface area contributed by atoms with Crippen LogP contribution in [0, 0.1) is 13.8 Å². The molecular formula is C10H8F3NS. The monoisotopic (exact) mass is 231 g/mol. The van der Waals surface area contributed by atoms with Crippen molar-refractivity contribution in [3.8, 4) is 0 Å². The largest absolute Gasteiger partial charge is 0.443 e. The summed E-state index contributed by atoms with van der Waals surface area (Å²) in [7, 11) is 0. The van der Waals surface area contributed by atoms with Crippen molar-refractivity contribution in [1.82, 2.24) is 4.98 Å². The van der Waals surface area contributed by atoms with Crippen LogP contribution in [0.3, 0.4) is 0 Å². The van der Waals surface area contributed by atoms with Crippen molar-refractivity contribution in [1.29, 1.82) is 0 Å². The van der Waals surface area contributed by atoms with Crippen molar-refractivity contribution < 1.29 is 13.2 Å². The molecule has 0 spiro atoms. The molecule has 1 aromatic heterocycles. The zero-order valence-corrected chi connectivity index (χ0v) is 8.96. The van der Waals surface area contributed by atoms with Crippen LogP contribution < -0.4 is 0 Å². The lowest BCUT2D eigenvalue weighted by Gasteiger charge is -1.99. The van der Waals surface area contributed by atoms with Crippen LogP contribution in [0.25, 0.3) is 10.2 Å². The van der Waals surface area contributed by atoms with E-state index in [1.165, 1.54) is 0 Å². The summed E-state index contributed by atoms with van der Waals surface area (Å²) in [5.74, 6) is 0. The molecule has 0 unspecified atom stereocenters. The summed E-state index contributed by atoms with van der Waals surface area (Å²) in [6.07, 6.45) is -4.34. The number of hydrogen-bond donors (Lipinski definition) is 0. The molecule has 1 heterocycles. The van der Waals surface area contributed by atoms with E-state index in [-0.39, 0.29) is 0 Å². The molecule has 0 bridgehead atoms. The van der Waals surface area contributed by atoms with Gasteiger partial charge in [0.1, 0.15) is 0 Å². The predicted octanol–water partition coefficient (Wildman–Crippen LogP) is 3.93. The third-order valence-corrected chi connectivity index (χ3v) is 3.39. The summed E-state index contributed by atoms with van der Waals surface area (Å²) in [5, 5.41) is -0.772. The van der Waals surface area contributed by atoms with Gasteiger partial charge in [-0.15, -0.1) is 11.3 Å². The second-order valence-electron chi connectivity index (χ2n) is 3.37. The average molecular weight is 231 g/mol. The number of hydrogen-bond acceptors (Lipinski definition) is 2. The second-order valence-corrected chi connectivity index (χ2v) is 4.40. The lowest BCUT2D eigenvalue weighted by Crippen LogP contribution is -2.03. The molecule has 80 valence electrons. The first-order valence-electron chi connectivity index (χ1n) is 4.33. The Balaban J connectivity index is 2.72. The Hall–Kier alpha value is -1.10. The fraction of sp³-hybridized carbons (Fsp3) is 0.300. The Morgan fingerprint density at radius 1 is 1.20 bits per heavy atom. The number of thiazole rings is 1. The van der Waals surface area contributed by atoms with Crippen LogP contribution in [0.2, 0.25) is 0 Å². The number of fused-ring (bicyclic) bond motifs is 1. The first-order valence-corrected chi connectivity index (χ1v) is 5.15. The maximum atomic E-state index is 12.4. The fourth-order valence-electron chi connectivity index (χ4n) is 1.35. The first-order chi connectivity index (χ1) is 6.89. The Labute approximate surface area is 88.6 Å². The summed E-state index contributed by atoms with van der Waals surface area (Å²) < 4.78 is 37.8. The zero-order valence-electron chi connectivity index (χ0n) is 8.14. The van der Waals surface area contributed by atoms with E-state index in [9.17, 15) is 13.2 Å². The number of alkyl halides is 3. The highest BCUT2D eigenvalue weighted by Gasteiger charge is 2.35. The normalized spacial score (nSPS) is 12.3. The molecule has 1 aromatic carbocycles. The molecule has 0 aliphatic rings. The van der Waals surface area contributed by atoms with E-state index in [2.05, 4.69) is 4.98 Å². The smallest absolute Gasteiger partial charge is 0.232 e. The topological polar surface area (TPSA) is 12.9 Å². The number of rotatable bonds is 0. The molecule has 0 saturated heterocycles. The number of halogens is 3. The second kappa shape index (κ2) is 3.20. The summed E-state index contributed by atoms with van der Waals surface area (Å²) >= 11 is 0.691. The van der Waals surface area contributed by atoms with Crippen LogP contribution in [-0.2, 0) is 6.18 Å². The molecule has 0 N–H and O–H groups in total. The number of nitrogens with zero attached hydrogens (tertiary/aromatic N) is 1. The van der Waals surface area contributed by atoms with Gasteiger partial charge in [0, 0.05) is 0 Å². The molecule has 0 aliphatic heterocycles. The lowest BCUT2D eigenvalue weighted by atomic mass is 10.1. The molecular weight excluding hydrogens is 223 g/mol. The summed E-state index contributed by atoms with van der Waals surface area (Å²) in [4.78, 5) is 3.64. The molecule has 0 amide bonds. The van der Waals surface area contributed by atoms with Gasteiger partial charge in [0.05, 0.1) is 10.2 Å². The Morgan fingerprint density at radius 2 is 1.87 bits per heavy atom.